The maximum absolute atomic E-state index is 4.73. The summed E-state index contributed by atoms with van der Waals surface area (Å²) >= 11 is 0. The molecule has 1 N–H and O–H groups in total. The molecule has 0 aliphatic heterocycles. The number of imidazole rings is 1. The fourth-order valence-electron chi connectivity index (χ4n) is 2.89. The number of aromatic amines is 1. The van der Waals surface area contributed by atoms with E-state index >= 15 is 0 Å². The summed E-state index contributed by atoms with van der Waals surface area (Å²) in [5.74, 6) is 0.991. The van der Waals surface area contributed by atoms with Crippen LogP contribution in [0.5, 0.6) is 0 Å². The Hall–Kier alpha value is -1.77. The SMILES string of the molecule is CN(c1nc(-c2ccccc2)c[nH]1)C1CCCCC1. The summed E-state index contributed by atoms with van der Waals surface area (Å²) in [6.07, 6.45) is 8.67. The Morgan fingerprint density at radius 2 is 1.84 bits per heavy atom. The van der Waals surface area contributed by atoms with Crippen LogP contribution < -0.4 is 4.90 Å². The first-order chi connectivity index (χ1) is 9.34. The van der Waals surface area contributed by atoms with Gasteiger partial charge in [-0.05, 0) is 12.8 Å². The van der Waals surface area contributed by atoms with E-state index in [0.717, 1.165) is 11.6 Å². The second kappa shape index (κ2) is 5.47. The average molecular weight is 255 g/mol. The standard InChI is InChI=1S/C16H21N3/c1-19(14-10-6-3-7-11-14)16-17-12-15(18-16)13-8-4-2-5-9-13/h2,4-5,8-9,12,14H,3,6-7,10-11H2,1H3,(H,17,18). The molecule has 100 valence electrons. The molecule has 1 fully saturated rings. The van der Waals surface area contributed by atoms with Gasteiger partial charge in [0, 0.05) is 24.8 Å². The molecule has 3 heteroatoms. The lowest BCUT2D eigenvalue weighted by Gasteiger charge is -2.30. The van der Waals surface area contributed by atoms with Crippen molar-refractivity contribution in [3.05, 3.63) is 36.5 Å². The van der Waals surface area contributed by atoms with Crippen molar-refractivity contribution in [2.75, 3.05) is 11.9 Å². The van der Waals surface area contributed by atoms with E-state index in [1.54, 1.807) is 0 Å². The van der Waals surface area contributed by atoms with Crippen LogP contribution in [0.3, 0.4) is 0 Å². The largest absolute Gasteiger partial charge is 0.342 e. The van der Waals surface area contributed by atoms with E-state index < -0.39 is 0 Å². The zero-order chi connectivity index (χ0) is 13.1. The molecule has 3 nitrogen and oxygen atoms in total. The van der Waals surface area contributed by atoms with Crippen LogP contribution in [0.15, 0.2) is 36.5 Å². The van der Waals surface area contributed by atoms with E-state index in [0.29, 0.717) is 6.04 Å². The number of aromatic nitrogens is 2. The van der Waals surface area contributed by atoms with Gasteiger partial charge < -0.3 is 9.88 Å². The van der Waals surface area contributed by atoms with Gasteiger partial charge in [0.2, 0.25) is 5.95 Å². The number of hydrogen-bond acceptors (Lipinski definition) is 2. The normalized spacial score (nSPS) is 16.5. The van der Waals surface area contributed by atoms with E-state index in [1.165, 1.54) is 37.7 Å². The Kier molecular flexibility index (Phi) is 3.53. The van der Waals surface area contributed by atoms with Gasteiger partial charge >= 0.3 is 0 Å². The summed E-state index contributed by atoms with van der Waals surface area (Å²) in [7, 11) is 2.16. The highest BCUT2D eigenvalue weighted by molar-refractivity contribution is 5.60. The van der Waals surface area contributed by atoms with Crippen molar-refractivity contribution in [2.24, 2.45) is 0 Å². The van der Waals surface area contributed by atoms with Crippen LogP contribution in [0.4, 0.5) is 5.95 Å². The first-order valence-corrected chi connectivity index (χ1v) is 7.18. The van der Waals surface area contributed by atoms with Gasteiger partial charge in [-0.2, -0.15) is 0 Å². The molecule has 0 saturated heterocycles. The molecule has 19 heavy (non-hydrogen) atoms. The van der Waals surface area contributed by atoms with Crippen molar-refractivity contribution < 1.29 is 0 Å². The second-order valence-electron chi connectivity index (χ2n) is 5.38. The number of nitrogens with zero attached hydrogens (tertiary/aromatic N) is 2. The summed E-state index contributed by atoms with van der Waals surface area (Å²) in [6.45, 7) is 0. The Bertz CT molecular complexity index is 512. The molecule has 1 aliphatic rings. The molecule has 1 aromatic heterocycles. The average Bonchev–Trinajstić information content (AvgIpc) is 2.98. The van der Waals surface area contributed by atoms with E-state index in [4.69, 9.17) is 4.98 Å². The van der Waals surface area contributed by atoms with E-state index in [9.17, 15) is 0 Å². The molecule has 1 aliphatic carbocycles. The summed E-state index contributed by atoms with van der Waals surface area (Å²) in [5.41, 5.74) is 2.19. The highest BCUT2D eigenvalue weighted by Gasteiger charge is 2.20. The Morgan fingerprint density at radius 1 is 1.11 bits per heavy atom. The molecular weight excluding hydrogens is 234 g/mol. The molecule has 2 aromatic rings. The zero-order valence-electron chi connectivity index (χ0n) is 11.5. The first kappa shape index (κ1) is 12.3. The Labute approximate surface area is 114 Å². The predicted molar refractivity (Wildman–Crippen MR) is 79.3 cm³/mol. The maximum Gasteiger partial charge on any atom is 0.203 e. The lowest BCUT2D eigenvalue weighted by Crippen LogP contribution is -2.34. The van der Waals surface area contributed by atoms with E-state index in [-0.39, 0.29) is 0 Å². The van der Waals surface area contributed by atoms with Gasteiger partial charge in [0.15, 0.2) is 0 Å². The maximum atomic E-state index is 4.73. The molecule has 0 bridgehead atoms. The molecule has 0 radical (unpaired) electrons. The number of anilines is 1. The van der Waals surface area contributed by atoms with Crippen molar-refractivity contribution >= 4 is 5.95 Å². The highest BCUT2D eigenvalue weighted by atomic mass is 15.3. The van der Waals surface area contributed by atoms with Gasteiger partial charge in [-0.3, -0.25) is 0 Å². The van der Waals surface area contributed by atoms with Crippen LogP contribution in [0.1, 0.15) is 32.1 Å². The molecule has 3 rings (SSSR count). The molecule has 0 atom stereocenters. The minimum atomic E-state index is 0.642. The molecule has 0 unspecified atom stereocenters. The van der Waals surface area contributed by atoms with Crippen molar-refractivity contribution in [3.63, 3.8) is 0 Å². The van der Waals surface area contributed by atoms with Crippen LogP contribution in [0, 0.1) is 0 Å². The Morgan fingerprint density at radius 3 is 2.58 bits per heavy atom. The van der Waals surface area contributed by atoms with E-state index in [1.807, 2.05) is 12.3 Å². The fraction of sp³-hybridized carbons (Fsp3) is 0.438. The van der Waals surface area contributed by atoms with Crippen LogP contribution in [0.2, 0.25) is 0 Å². The van der Waals surface area contributed by atoms with Gasteiger partial charge in [-0.15, -0.1) is 0 Å². The van der Waals surface area contributed by atoms with Gasteiger partial charge in [0.25, 0.3) is 0 Å². The van der Waals surface area contributed by atoms with Gasteiger partial charge in [-0.25, -0.2) is 4.98 Å². The van der Waals surface area contributed by atoms with Crippen molar-refractivity contribution in [3.8, 4) is 11.3 Å². The lowest BCUT2D eigenvalue weighted by molar-refractivity contribution is 0.424. The van der Waals surface area contributed by atoms with Gasteiger partial charge in [0.1, 0.15) is 0 Å². The minimum absolute atomic E-state index is 0.642. The third-order valence-electron chi connectivity index (χ3n) is 4.09. The number of hydrogen-bond donors (Lipinski definition) is 1. The summed E-state index contributed by atoms with van der Waals surface area (Å²) in [4.78, 5) is 10.4. The monoisotopic (exact) mass is 255 g/mol. The molecule has 1 saturated carbocycles. The highest BCUT2D eigenvalue weighted by Crippen LogP contribution is 2.26. The number of rotatable bonds is 3. The predicted octanol–water partition coefficient (Wildman–Crippen LogP) is 3.85. The number of nitrogens with one attached hydrogen (secondary N) is 1. The van der Waals surface area contributed by atoms with Crippen LogP contribution >= 0.6 is 0 Å². The number of H-pyrrole nitrogens is 1. The number of benzene rings is 1. The summed E-state index contributed by atoms with van der Waals surface area (Å²) < 4.78 is 0. The third kappa shape index (κ3) is 2.65. The van der Waals surface area contributed by atoms with Gasteiger partial charge in [0.05, 0.1) is 5.69 Å². The second-order valence-corrected chi connectivity index (χ2v) is 5.38. The Balaban J connectivity index is 1.77. The smallest absolute Gasteiger partial charge is 0.203 e. The van der Waals surface area contributed by atoms with Crippen LogP contribution in [0.25, 0.3) is 11.3 Å². The van der Waals surface area contributed by atoms with Crippen LogP contribution in [-0.4, -0.2) is 23.1 Å². The lowest BCUT2D eigenvalue weighted by atomic mass is 9.95. The summed E-state index contributed by atoms with van der Waals surface area (Å²) in [5, 5.41) is 0. The van der Waals surface area contributed by atoms with Crippen molar-refractivity contribution in [2.45, 2.75) is 38.1 Å². The molecular formula is C16H21N3. The first-order valence-electron chi connectivity index (χ1n) is 7.18. The van der Waals surface area contributed by atoms with Crippen molar-refractivity contribution in [1.82, 2.24) is 9.97 Å². The molecule has 1 heterocycles. The summed E-state index contributed by atoms with van der Waals surface area (Å²) in [6, 6.07) is 11.0. The molecule has 1 aromatic carbocycles. The topological polar surface area (TPSA) is 31.9 Å². The quantitative estimate of drug-likeness (QED) is 0.903. The fourth-order valence-corrected chi connectivity index (χ4v) is 2.89. The van der Waals surface area contributed by atoms with E-state index in [2.05, 4.69) is 41.2 Å². The van der Waals surface area contributed by atoms with Crippen molar-refractivity contribution in [1.29, 1.82) is 0 Å². The third-order valence-corrected chi connectivity index (χ3v) is 4.09. The molecule has 0 amide bonds. The molecule has 0 spiro atoms. The zero-order valence-corrected chi connectivity index (χ0v) is 11.5. The van der Waals surface area contributed by atoms with Gasteiger partial charge in [-0.1, -0.05) is 49.6 Å². The minimum Gasteiger partial charge on any atom is -0.342 e. The van der Waals surface area contributed by atoms with Crippen LogP contribution in [-0.2, 0) is 0 Å².